The molecule has 6 heteroatoms. The van der Waals surface area contributed by atoms with Gasteiger partial charge in [-0.25, -0.2) is 0 Å². The first-order valence-corrected chi connectivity index (χ1v) is 7.83. The number of carbonyl (C=O) groups is 1. The van der Waals surface area contributed by atoms with Crippen LogP contribution in [0, 0.1) is 0 Å². The summed E-state index contributed by atoms with van der Waals surface area (Å²) in [6, 6.07) is 7.49. The Hall–Kier alpha value is -0.170. The van der Waals surface area contributed by atoms with Gasteiger partial charge >= 0.3 is 0 Å². The molecule has 2 rings (SSSR count). The molecule has 17 heavy (non-hydrogen) atoms. The third-order valence-corrected chi connectivity index (χ3v) is 5.02. The van der Waals surface area contributed by atoms with E-state index in [1.165, 1.54) is 11.3 Å². The van der Waals surface area contributed by atoms with Gasteiger partial charge in [0.05, 0.1) is 5.69 Å². The predicted octanol–water partition coefficient (Wildman–Crippen LogP) is 5.29. The first-order valence-electron chi connectivity index (χ1n) is 4.57. The summed E-state index contributed by atoms with van der Waals surface area (Å²) < 4.78 is 2.58. The second-order valence-electron chi connectivity index (χ2n) is 3.18. The van der Waals surface area contributed by atoms with Crippen LogP contribution >= 0.6 is 59.1 Å². The number of nitrogens with one attached hydrogen (secondary N) is 1. The molecule has 1 aromatic heterocycles. The Bertz CT molecular complexity index is 568. The summed E-state index contributed by atoms with van der Waals surface area (Å²) >= 11 is 11.5. The standard InChI is InChI=1S/C11H6Br3NOS/c12-6-1-2-7(13)9(5-6)15-11(16)10-8(14)3-4-17-10/h1-5H,(H,15,16). The molecule has 0 saturated carbocycles. The summed E-state index contributed by atoms with van der Waals surface area (Å²) in [4.78, 5) is 12.7. The third-order valence-electron chi connectivity index (χ3n) is 2.00. The van der Waals surface area contributed by atoms with Crippen LogP contribution < -0.4 is 5.32 Å². The maximum absolute atomic E-state index is 12.0. The van der Waals surface area contributed by atoms with Crippen molar-refractivity contribution in [1.29, 1.82) is 0 Å². The number of thiophene rings is 1. The molecule has 0 aliphatic carbocycles. The number of hydrogen-bond acceptors (Lipinski definition) is 2. The van der Waals surface area contributed by atoms with Crippen molar-refractivity contribution in [3.63, 3.8) is 0 Å². The lowest BCUT2D eigenvalue weighted by Gasteiger charge is -2.07. The molecule has 0 bridgehead atoms. The molecule has 0 radical (unpaired) electrons. The van der Waals surface area contributed by atoms with Crippen molar-refractivity contribution < 1.29 is 4.79 Å². The maximum Gasteiger partial charge on any atom is 0.266 e. The molecule has 0 unspecified atom stereocenters. The highest BCUT2D eigenvalue weighted by Gasteiger charge is 2.13. The highest BCUT2D eigenvalue weighted by atomic mass is 79.9. The van der Waals surface area contributed by atoms with Gasteiger partial charge in [-0.05, 0) is 61.5 Å². The van der Waals surface area contributed by atoms with Crippen molar-refractivity contribution in [3.8, 4) is 0 Å². The Morgan fingerprint density at radius 1 is 1.12 bits per heavy atom. The van der Waals surface area contributed by atoms with Crippen LogP contribution in [0.5, 0.6) is 0 Å². The van der Waals surface area contributed by atoms with E-state index < -0.39 is 0 Å². The minimum absolute atomic E-state index is 0.120. The minimum Gasteiger partial charge on any atom is -0.320 e. The quantitative estimate of drug-likeness (QED) is 0.677. The zero-order valence-corrected chi connectivity index (χ0v) is 13.9. The summed E-state index contributed by atoms with van der Waals surface area (Å²) in [6.45, 7) is 0. The van der Waals surface area contributed by atoms with Crippen molar-refractivity contribution in [3.05, 3.63) is 47.9 Å². The number of halogens is 3. The predicted molar refractivity (Wildman–Crippen MR) is 81.8 cm³/mol. The van der Waals surface area contributed by atoms with Crippen LogP contribution in [0.25, 0.3) is 0 Å². The molecular weight excluding hydrogens is 434 g/mol. The molecule has 0 fully saturated rings. The van der Waals surface area contributed by atoms with Crippen LogP contribution in [0.4, 0.5) is 5.69 Å². The Balaban J connectivity index is 2.24. The van der Waals surface area contributed by atoms with Crippen LogP contribution in [0.1, 0.15) is 9.67 Å². The van der Waals surface area contributed by atoms with Crippen molar-refractivity contribution in [2.45, 2.75) is 0 Å². The van der Waals surface area contributed by atoms with Gasteiger partial charge in [0.25, 0.3) is 5.91 Å². The highest BCUT2D eigenvalue weighted by Crippen LogP contribution is 2.28. The fraction of sp³-hybridized carbons (Fsp3) is 0. The molecule has 1 heterocycles. The molecule has 1 aromatic carbocycles. The van der Waals surface area contributed by atoms with E-state index in [1.54, 1.807) is 0 Å². The lowest BCUT2D eigenvalue weighted by molar-refractivity contribution is 0.103. The summed E-state index contributed by atoms with van der Waals surface area (Å²) in [5, 5.41) is 4.73. The molecule has 1 amide bonds. The molecule has 2 nitrogen and oxygen atoms in total. The lowest BCUT2D eigenvalue weighted by Crippen LogP contribution is -2.11. The zero-order chi connectivity index (χ0) is 12.4. The maximum atomic E-state index is 12.0. The number of carbonyl (C=O) groups excluding carboxylic acids is 1. The van der Waals surface area contributed by atoms with Gasteiger partial charge in [-0.15, -0.1) is 11.3 Å². The van der Waals surface area contributed by atoms with Crippen LogP contribution in [0.15, 0.2) is 43.1 Å². The van der Waals surface area contributed by atoms with Gasteiger partial charge in [0.15, 0.2) is 0 Å². The highest BCUT2D eigenvalue weighted by molar-refractivity contribution is 9.11. The van der Waals surface area contributed by atoms with Gasteiger partial charge in [-0.3, -0.25) is 4.79 Å². The van der Waals surface area contributed by atoms with E-state index in [0.29, 0.717) is 4.88 Å². The third kappa shape index (κ3) is 3.19. The Kier molecular flexibility index (Phi) is 4.41. The second-order valence-corrected chi connectivity index (χ2v) is 6.72. The number of benzene rings is 1. The van der Waals surface area contributed by atoms with Crippen molar-refractivity contribution in [2.24, 2.45) is 0 Å². The summed E-state index contributed by atoms with van der Waals surface area (Å²) in [5.74, 6) is -0.120. The molecule has 0 atom stereocenters. The molecular formula is C11H6Br3NOS. The second kappa shape index (κ2) is 5.65. The molecule has 1 N–H and O–H groups in total. The first kappa shape index (κ1) is 13.3. The molecule has 0 spiro atoms. The molecule has 0 saturated heterocycles. The molecule has 0 aliphatic heterocycles. The van der Waals surface area contributed by atoms with E-state index in [1.807, 2.05) is 29.6 Å². The van der Waals surface area contributed by atoms with Crippen LogP contribution in [0.3, 0.4) is 0 Å². The van der Waals surface area contributed by atoms with Crippen LogP contribution in [0.2, 0.25) is 0 Å². The van der Waals surface area contributed by atoms with Gasteiger partial charge in [0, 0.05) is 13.4 Å². The van der Waals surface area contributed by atoms with Gasteiger partial charge in [-0.1, -0.05) is 15.9 Å². The SMILES string of the molecule is O=C(Nc1cc(Br)ccc1Br)c1sccc1Br. The van der Waals surface area contributed by atoms with Crippen LogP contribution in [-0.4, -0.2) is 5.91 Å². The largest absolute Gasteiger partial charge is 0.320 e. The van der Waals surface area contributed by atoms with Crippen LogP contribution in [-0.2, 0) is 0 Å². The van der Waals surface area contributed by atoms with Crippen molar-refractivity contribution in [1.82, 2.24) is 0 Å². The van der Waals surface area contributed by atoms with E-state index in [2.05, 4.69) is 53.1 Å². The number of amides is 1. The number of rotatable bonds is 2. The average molecular weight is 440 g/mol. The fourth-order valence-corrected chi connectivity index (χ4v) is 3.38. The van der Waals surface area contributed by atoms with E-state index in [9.17, 15) is 4.79 Å². The first-order chi connectivity index (χ1) is 8.08. The number of hydrogen-bond donors (Lipinski definition) is 1. The molecule has 88 valence electrons. The van der Waals surface area contributed by atoms with Crippen molar-refractivity contribution >= 4 is 70.7 Å². The summed E-state index contributed by atoms with van der Waals surface area (Å²) in [5.41, 5.74) is 0.740. The molecule has 2 aromatic rings. The number of anilines is 1. The smallest absolute Gasteiger partial charge is 0.266 e. The van der Waals surface area contributed by atoms with E-state index in [0.717, 1.165) is 19.1 Å². The Morgan fingerprint density at radius 3 is 2.53 bits per heavy atom. The topological polar surface area (TPSA) is 29.1 Å². The van der Waals surface area contributed by atoms with E-state index in [4.69, 9.17) is 0 Å². The Labute approximate surface area is 128 Å². The normalized spacial score (nSPS) is 10.3. The van der Waals surface area contributed by atoms with E-state index >= 15 is 0 Å². The van der Waals surface area contributed by atoms with Gasteiger partial charge in [-0.2, -0.15) is 0 Å². The minimum atomic E-state index is -0.120. The summed E-state index contributed by atoms with van der Waals surface area (Å²) in [6.07, 6.45) is 0. The monoisotopic (exact) mass is 437 g/mol. The van der Waals surface area contributed by atoms with Gasteiger partial charge in [0.1, 0.15) is 4.88 Å². The lowest BCUT2D eigenvalue weighted by atomic mass is 10.3. The zero-order valence-electron chi connectivity index (χ0n) is 8.34. The summed E-state index contributed by atoms with van der Waals surface area (Å²) in [7, 11) is 0. The Morgan fingerprint density at radius 2 is 1.88 bits per heavy atom. The van der Waals surface area contributed by atoms with Gasteiger partial charge in [0.2, 0.25) is 0 Å². The van der Waals surface area contributed by atoms with Gasteiger partial charge < -0.3 is 5.32 Å². The van der Waals surface area contributed by atoms with Crippen molar-refractivity contribution in [2.75, 3.05) is 5.32 Å². The van der Waals surface area contributed by atoms with E-state index in [-0.39, 0.29) is 5.91 Å². The fourth-order valence-electron chi connectivity index (χ4n) is 1.23. The average Bonchev–Trinajstić information content (AvgIpc) is 2.70. The molecule has 0 aliphatic rings.